The van der Waals surface area contributed by atoms with Crippen LogP contribution in [-0.4, -0.2) is 16.9 Å². The van der Waals surface area contributed by atoms with E-state index >= 15 is 0 Å². The van der Waals surface area contributed by atoms with Gasteiger partial charge in [-0.15, -0.1) is 0 Å². The zero-order chi connectivity index (χ0) is 46.0. The van der Waals surface area contributed by atoms with Crippen LogP contribution in [0.5, 0.6) is 23.0 Å². The molecule has 64 heavy (non-hydrogen) atoms. The zero-order valence-electron chi connectivity index (χ0n) is 38.6. The van der Waals surface area contributed by atoms with Crippen LogP contribution >= 0.6 is 0 Å². The lowest BCUT2D eigenvalue weighted by atomic mass is 9.80. The van der Waals surface area contributed by atoms with E-state index in [0.717, 1.165) is 54.9 Å². The van der Waals surface area contributed by atoms with Gasteiger partial charge in [0.15, 0.2) is 0 Å². The molecule has 0 fully saturated rings. The number of hydrogen-bond donors (Lipinski definition) is 0. The Labute approximate surface area is 373 Å². The van der Waals surface area contributed by atoms with Gasteiger partial charge >= 0.3 is 11.9 Å². The highest BCUT2D eigenvalue weighted by Gasteiger charge is 2.35. The van der Waals surface area contributed by atoms with Crippen LogP contribution in [-0.2, 0) is 26.4 Å². The molecule has 8 aromatic rings. The number of esters is 2. The molecule has 0 atom stereocenters. The van der Waals surface area contributed by atoms with Gasteiger partial charge in [0.2, 0.25) is 0 Å². The average Bonchev–Trinajstić information content (AvgIpc) is 3.21. The van der Waals surface area contributed by atoms with Crippen molar-refractivity contribution in [2.45, 2.75) is 105 Å². The number of nitro groups is 1. The summed E-state index contributed by atoms with van der Waals surface area (Å²) in [7, 11) is 0. The molecule has 1 aliphatic heterocycles. The van der Waals surface area contributed by atoms with Crippen molar-refractivity contribution in [3.8, 4) is 34.1 Å². The smallest absolute Gasteiger partial charge is 0.346 e. The number of benzene rings is 8. The maximum atomic E-state index is 14.0. The Bertz CT molecular complexity index is 3060. The van der Waals surface area contributed by atoms with Crippen LogP contribution in [0.25, 0.3) is 54.2 Å². The monoisotopic (exact) mass is 851 g/mol. The van der Waals surface area contributed by atoms with Gasteiger partial charge in [-0.05, 0) is 125 Å². The van der Waals surface area contributed by atoms with E-state index in [-0.39, 0.29) is 38.5 Å². The van der Waals surface area contributed by atoms with Gasteiger partial charge in [0.25, 0.3) is 5.69 Å². The van der Waals surface area contributed by atoms with Gasteiger partial charge in [-0.25, -0.2) is 9.59 Å². The van der Waals surface area contributed by atoms with Crippen LogP contribution < -0.4 is 9.47 Å². The number of ether oxygens (including phenoxy) is 3. The predicted molar refractivity (Wildman–Crippen MR) is 257 cm³/mol. The number of fused-ring (bicyclic) bond motifs is 2. The molecule has 9 rings (SSSR count). The van der Waals surface area contributed by atoms with E-state index in [0.29, 0.717) is 44.5 Å². The fourth-order valence-corrected chi connectivity index (χ4v) is 8.94. The molecule has 0 N–H and O–H groups in total. The highest BCUT2D eigenvalue weighted by molar-refractivity contribution is 6.40. The van der Waals surface area contributed by atoms with Crippen LogP contribution in [0.2, 0.25) is 0 Å². The van der Waals surface area contributed by atoms with Crippen molar-refractivity contribution in [2.75, 3.05) is 0 Å². The van der Waals surface area contributed by atoms with E-state index in [2.05, 4.69) is 126 Å². The lowest BCUT2D eigenvalue weighted by Crippen LogP contribution is -2.20. The zero-order valence-corrected chi connectivity index (χ0v) is 38.6. The van der Waals surface area contributed by atoms with Crippen molar-refractivity contribution in [1.82, 2.24) is 0 Å². The van der Waals surface area contributed by atoms with Crippen molar-refractivity contribution in [1.29, 1.82) is 0 Å². The summed E-state index contributed by atoms with van der Waals surface area (Å²) in [6.07, 6.45) is 0. The molecule has 0 aromatic heterocycles. The van der Waals surface area contributed by atoms with E-state index < -0.39 is 16.9 Å². The Hall–Kier alpha value is -6.80. The maximum Gasteiger partial charge on any atom is 0.346 e. The van der Waals surface area contributed by atoms with Crippen LogP contribution in [0, 0.1) is 10.1 Å². The number of nitro benzene ring substituents is 1. The first kappa shape index (κ1) is 42.5. The van der Waals surface area contributed by atoms with Gasteiger partial charge in [0, 0.05) is 33.7 Å². The second kappa shape index (κ2) is 14.4. The molecule has 0 radical (unpaired) electrons. The minimum atomic E-state index is -0.752. The van der Waals surface area contributed by atoms with E-state index in [9.17, 15) is 19.7 Å². The summed E-state index contributed by atoms with van der Waals surface area (Å²) in [5.41, 5.74) is 5.76. The molecule has 8 aromatic carbocycles. The summed E-state index contributed by atoms with van der Waals surface area (Å²) < 4.78 is 19.7. The van der Waals surface area contributed by atoms with Crippen LogP contribution in [0.15, 0.2) is 103 Å². The van der Waals surface area contributed by atoms with Crippen molar-refractivity contribution in [2.24, 2.45) is 0 Å². The molecule has 324 valence electrons. The van der Waals surface area contributed by atoms with Gasteiger partial charge < -0.3 is 14.2 Å². The third-order valence-corrected chi connectivity index (χ3v) is 12.7. The fraction of sp³-hybridized carbons (Fsp3) is 0.286. The minimum Gasteiger partial charge on any atom is -0.457 e. The molecule has 8 heteroatoms. The number of rotatable bonds is 6. The topological polar surface area (TPSA) is 105 Å². The van der Waals surface area contributed by atoms with E-state index in [4.69, 9.17) is 14.2 Å². The standard InChI is InChI=1S/C56H53NO7/c1-53(2,3)31-22-32(54(4,5)6)25-36(24-31)62-44-28-42-47-43(52(59)64-51(42)58)29-45(63-37-26-33(55(7,8)9)23-34(27-37)56(10,11)12)49-41-21-20-38(30-16-18-35(19-17-30)57(60)61)39-14-13-15-40(46(39)41)48(44)50(47)49/h13-29H,1-12H3. The second-order valence-corrected chi connectivity index (χ2v) is 21.4. The normalized spacial score (nSPS) is 13.6. The number of nitrogens with zero attached hydrogens (tertiary/aromatic N) is 1. The van der Waals surface area contributed by atoms with Gasteiger partial charge in [0.05, 0.1) is 16.1 Å². The lowest BCUT2D eigenvalue weighted by Gasteiger charge is -2.28. The number of hydrogen-bond acceptors (Lipinski definition) is 7. The molecule has 0 bridgehead atoms. The molecule has 0 unspecified atom stereocenters. The molecule has 0 aliphatic carbocycles. The van der Waals surface area contributed by atoms with Crippen molar-refractivity contribution < 1.29 is 28.7 Å². The first-order valence-electron chi connectivity index (χ1n) is 21.8. The van der Waals surface area contributed by atoms with Gasteiger partial charge in [-0.1, -0.05) is 126 Å². The number of carbonyl (C=O) groups excluding carboxylic acids is 2. The van der Waals surface area contributed by atoms with Gasteiger partial charge in [-0.2, -0.15) is 0 Å². The number of non-ortho nitro benzene ring substituents is 1. The first-order valence-corrected chi connectivity index (χ1v) is 21.8. The molecular formula is C56H53NO7. The van der Waals surface area contributed by atoms with Crippen LogP contribution in [0.3, 0.4) is 0 Å². The first-order chi connectivity index (χ1) is 29.9. The summed E-state index contributed by atoms with van der Waals surface area (Å²) >= 11 is 0. The summed E-state index contributed by atoms with van der Waals surface area (Å²) in [6.45, 7) is 26.1. The quantitative estimate of drug-likeness (QED) is 0.0410. The molecular weight excluding hydrogens is 799 g/mol. The van der Waals surface area contributed by atoms with E-state index in [1.54, 1.807) is 24.3 Å². The Morgan fingerprint density at radius 1 is 0.453 bits per heavy atom. The Kier molecular flexibility index (Phi) is 9.54. The average molecular weight is 852 g/mol. The molecule has 1 aliphatic rings. The number of carbonyl (C=O) groups is 2. The highest BCUT2D eigenvalue weighted by atomic mass is 16.6. The highest BCUT2D eigenvalue weighted by Crippen LogP contribution is 2.53. The Balaban J connectivity index is 1.43. The fourth-order valence-electron chi connectivity index (χ4n) is 8.94. The van der Waals surface area contributed by atoms with Crippen molar-refractivity contribution in [3.63, 3.8) is 0 Å². The van der Waals surface area contributed by atoms with E-state index in [1.807, 2.05) is 24.3 Å². The molecule has 0 saturated heterocycles. The second-order valence-electron chi connectivity index (χ2n) is 21.4. The molecule has 8 nitrogen and oxygen atoms in total. The number of cyclic esters (lactones) is 2. The molecule has 1 heterocycles. The summed E-state index contributed by atoms with van der Waals surface area (Å²) in [6, 6.07) is 32.9. The molecule has 0 spiro atoms. The lowest BCUT2D eigenvalue weighted by molar-refractivity contribution is -0.384. The van der Waals surface area contributed by atoms with Gasteiger partial charge in [-0.3, -0.25) is 10.1 Å². The summed E-state index contributed by atoms with van der Waals surface area (Å²) in [5, 5.41) is 17.7. The molecule has 0 amide bonds. The Morgan fingerprint density at radius 2 is 0.875 bits per heavy atom. The Morgan fingerprint density at radius 3 is 1.30 bits per heavy atom. The van der Waals surface area contributed by atoms with Crippen LogP contribution in [0.4, 0.5) is 5.69 Å². The van der Waals surface area contributed by atoms with Crippen molar-refractivity contribution >= 4 is 60.7 Å². The summed E-state index contributed by atoms with van der Waals surface area (Å²) in [5.74, 6) is 0.567. The summed E-state index contributed by atoms with van der Waals surface area (Å²) in [4.78, 5) is 39.2. The van der Waals surface area contributed by atoms with Crippen LogP contribution in [0.1, 0.15) is 126 Å². The SMILES string of the molecule is CC(C)(C)c1cc(Oc2cc3c4c(cc(Oc5cc(C(C)(C)C)cc(C(C)(C)C)c5)c5c6ccc(-c7ccc([N+](=O)[O-])cc7)c7cccc(c2c45)c76)C(=O)OC3=O)cc(C(C)(C)C)c1. The minimum absolute atomic E-state index is 0.00656. The predicted octanol–water partition coefficient (Wildman–Crippen LogP) is 15.4. The van der Waals surface area contributed by atoms with Gasteiger partial charge in [0.1, 0.15) is 23.0 Å². The molecule has 0 saturated carbocycles. The maximum absolute atomic E-state index is 14.0. The third kappa shape index (κ3) is 7.19. The van der Waals surface area contributed by atoms with Crippen molar-refractivity contribution in [3.05, 3.63) is 147 Å². The largest absolute Gasteiger partial charge is 0.457 e. The third-order valence-electron chi connectivity index (χ3n) is 12.7. The van der Waals surface area contributed by atoms with E-state index in [1.165, 1.54) is 12.1 Å².